The summed E-state index contributed by atoms with van der Waals surface area (Å²) < 4.78 is 35.3. The van der Waals surface area contributed by atoms with E-state index in [1.54, 1.807) is 24.5 Å². The number of hydrogen-bond acceptors (Lipinski definition) is 10. The third-order valence-corrected chi connectivity index (χ3v) is 10.00. The van der Waals surface area contributed by atoms with Crippen LogP contribution in [0.15, 0.2) is 30.6 Å². The van der Waals surface area contributed by atoms with Crippen molar-refractivity contribution in [2.75, 3.05) is 11.6 Å². The first-order valence-electron chi connectivity index (χ1n) is 13.3. The summed E-state index contributed by atoms with van der Waals surface area (Å²) in [5.74, 6) is 1.53. The Balaban J connectivity index is 1.32. The minimum atomic E-state index is -3.08. The van der Waals surface area contributed by atoms with E-state index in [0.717, 1.165) is 29.2 Å². The number of rotatable bonds is 7. The van der Waals surface area contributed by atoms with E-state index < -0.39 is 15.4 Å². The number of fused-ring (bicyclic) bond motifs is 2. The highest BCUT2D eigenvalue weighted by molar-refractivity contribution is 7.91. The third-order valence-electron chi connectivity index (χ3n) is 8.40. The largest absolute Gasteiger partial charge is 0.474 e. The molecule has 3 aromatic heterocycles. The molecule has 10 nitrogen and oxygen atoms in total. The Labute approximate surface area is 227 Å². The SMILES string of the molecule is C[C@@H]1c2nc(Nc3cc4c([C@H](N)C5CC5)cnc(OC5CC(S(C)(=O)=O)C5)c4cn3)ccc2C(=O)OC1(C)C. The molecular formula is C28H33N5O5S. The van der Waals surface area contributed by atoms with Gasteiger partial charge in [-0.25, -0.2) is 28.2 Å². The van der Waals surface area contributed by atoms with Crippen LogP contribution in [0.2, 0.25) is 0 Å². The Morgan fingerprint density at radius 1 is 1.13 bits per heavy atom. The van der Waals surface area contributed by atoms with Gasteiger partial charge in [-0.2, -0.15) is 0 Å². The van der Waals surface area contributed by atoms with Gasteiger partial charge in [0.1, 0.15) is 23.3 Å². The summed E-state index contributed by atoms with van der Waals surface area (Å²) in [4.78, 5) is 26.4. The van der Waals surface area contributed by atoms with E-state index in [-0.39, 0.29) is 29.3 Å². The molecular weight excluding hydrogens is 518 g/mol. The number of carbonyl (C=O) groups excluding carboxylic acids is 1. The van der Waals surface area contributed by atoms with Crippen LogP contribution in [0.1, 0.15) is 80.0 Å². The fourth-order valence-corrected chi connectivity index (χ4v) is 6.41. The first-order chi connectivity index (χ1) is 18.4. The molecule has 2 atom stereocenters. The Morgan fingerprint density at radius 2 is 1.87 bits per heavy atom. The number of pyridine rings is 3. The van der Waals surface area contributed by atoms with Crippen LogP contribution in [0.25, 0.3) is 10.8 Å². The zero-order valence-corrected chi connectivity index (χ0v) is 23.3. The second-order valence-electron chi connectivity index (χ2n) is 11.6. The molecule has 0 radical (unpaired) electrons. The van der Waals surface area contributed by atoms with Crippen LogP contribution >= 0.6 is 0 Å². The van der Waals surface area contributed by atoms with Crippen LogP contribution in [-0.2, 0) is 14.6 Å². The molecule has 206 valence electrons. The van der Waals surface area contributed by atoms with E-state index in [9.17, 15) is 13.2 Å². The van der Waals surface area contributed by atoms with Gasteiger partial charge >= 0.3 is 5.97 Å². The number of ether oxygens (including phenoxy) is 2. The lowest BCUT2D eigenvalue weighted by Crippen LogP contribution is -2.42. The molecule has 0 amide bonds. The molecule has 1 aliphatic heterocycles. The minimum absolute atomic E-state index is 0.0840. The number of nitrogens with two attached hydrogens (primary N) is 1. The molecule has 6 rings (SSSR count). The molecule has 0 aromatic carbocycles. The van der Waals surface area contributed by atoms with Crippen molar-refractivity contribution in [1.82, 2.24) is 15.0 Å². The average molecular weight is 552 g/mol. The fourth-order valence-electron chi connectivity index (χ4n) is 5.28. The normalized spacial score (nSPS) is 24.8. The summed E-state index contributed by atoms with van der Waals surface area (Å²) in [6, 6.07) is 5.24. The number of nitrogens with one attached hydrogen (secondary N) is 1. The molecule has 2 aliphatic carbocycles. The van der Waals surface area contributed by atoms with E-state index in [1.165, 1.54) is 6.26 Å². The number of cyclic esters (lactones) is 1. The highest BCUT2D eigenvalue weighted by atomic mass is 32.2. The van der Waals surface area contributed by atoms with Gasteiger partial charge in [0.05, 0.1) is 21.9 Å². The topological polar surface area (TPSA) is 146 Å². The van der Waals surface area contributed by atoms with Crippen molar-refractivity contribution in [3.8, 4) is 5.88 Å². The van der Waals surface area contributed by atoms with Gasteiger partial charge in [0, 0.05) is 43.5 Å². The third kappa shape index (κ3) is 4.82. The highest BCUT2D eigenvalue weighted by Gasteiger charge is 2.41. The molecule has 2 saturated carbocycles. The van der Waals surface area contributed by atoms with Gasteiger partial charge < -0.3 is 20.5 Å². The second kappa shape index (κ2) is 9.12. The molecule has 2 fully saturated rings. The van der Waals surface area contributed by atoms with Gasteiger partial charge in [-0.3, -0.25) is 0 Å². The lowest BCUT2D eigenvalue weighted by atomic mass is 9.84. The maximum atomic E-state index is 12.5. The maximum Gasteiger partial charge on any atom is 0.340 e. The number of carbonyl (C=O) groups is 1. The number of sulfone groups is 1. The zero-order valence-electron chi connectivity index (χ0n) is 22.5. The first-order valence-corrected chi connectivity index (χ1v) is 15.3. The van der Waals surface area contributed by atoms with E-state index in [0.29, 0.717) is 47.5 Å². The zero-order chi connectivity index (χ0) is 27.7. The summed E-state index contributed by atoms with van der Waals surface area (Å²) in [6.45, 7) is 5.76. The van der Waals surface area contributed by atoms with Gasteiger partial charge in [-0.1, -0.05) is 6.92 Å². The van der Waals surface area contributed by atoms with Gasteiger partial charge in [-0.15, -0.1) is 0 Å². The van der Waals surface area contributed by atoms with E-state index >= 15 is 0 Å². The minimum Gasteiger partial charge on any atom is -0.474 e. The lowest BCUT2D eigenvalue weighted by Gasteiger charge is -2.36. The molecule has 3 N–H and O–H groups in total. The van der Waals surface area contributed by atoms with Crippen LogP contribution in [-0.4, -0.2) is 52.5 Å². The van der Waals surface area contributed by atoms with Crippen molar-refractivity contribution >= 4 is 38.2 Å². The summed E-state index contributed by atoms with van der Waals surface area (Å²) in [5, 5.41) is 4.52. The molecule has 4 heterocycles. The van der Waals surface area contributed by atoms with Gasteiger partial charge in [0.25, 0.3) is 0 Å². The summed E-state index contributed by atoms with van der Waals surface area (Å²) in [5.41, 5.74) is 8.03. The van der Waals surface area contributed by atoms with Gasteiger partial charge in [0.15, 0.2) is 9.84 Å². The van der Waals surface area contributed by atoms with Crippen molar-refractivity contribution in [2.45, 2.75) is 75.4 Å². The van der Waals surface area contributed by atoms with Crippen LogP contribution in [0.4, 0.5) is 11.6 Å². The van der Waals surface area contributed by atoms with Gasteiger partial charge in [-0.05, 0) is 61.8 Å². The number of esters is 1. The molecule has 3 aromatic rings. The van der Waals surface area contributed by atoms with Crippen LogP contribution in [0.3, 0.4) is 0 Å². The van der Waals surface area contributed by atoms with E-state index in [4.69, 9.17) is 20.2 Å². The quantitative estimate of drug-likeness (QED) is 0.410. The predicted octanol–water partition coefficient (Wildman–Crippen LogP) is 4.19. The number of anilines is 2. The molecule has 39 heavy (non-hydrogen) atoms. The summed E-state index contributed by atoms with van der Waals surface area (Å²) in [6.07, 6.45) is 7.60. The number of nitrogens with zero attached hydrogens (tertiary/aromatic N) is 3. The van der Waals surface area contributed by atoms with Crippen LogP contribution in [0.5, 0.6) is 5.88 Å². The molecule has 3 aliphatic rings. The monoisotopic (exact) mass is 551 g/mol. The predicted molar refractivity (Wildman–Crippen MR) is 147 cm³/mol. The highest BCUT2D eigenvalue weighted by Crippen LogP contribution is 2.43. The number of aromatic nitrogens is 3. The fraction of sp³-hybridized carbons (Fsp3) is 0.500. The van der Waals surface area contributed by atoms with Crippen molar-refractivity contribution in [3.05, 3.63) is 47.4 Å². The molecule has 0 unspecified atom stereocenters. The Kier molecular flexibility index (Phi) is 6.07. The van der Waals surface area contributed by atoms with Crippen molar-refractivity contribution in [3.63, 3.8) is 0 Å². The van der Waals surface area contributed by atoms with Crippen molar-refractivity contribution in [2.24, 2.45) is 11.7 Å². The Hall–Kier alpha value is -3.31. The lowest BCUT2D eigenvalue weighted by molar-refractivity contribution is -0.0189. The summed E-state index contributed by atoms with van der Waals surface area (Å²) >= 11 is 0. The Morgan fingerprint density at radius 3 is 2.56 bits per heavy atom. The molecule has 11 heteroatoms. The molecule has 0 bridgehead atoms. The second-order valence-corrected chi connectivity index (χ2v) is 14.0. The van der Waals surface area contributed by atoms with E-state index in [1.807, 2.05) is 26.8 Å². The van der Waals surface area contributed by atoms with Crippen molar-refractivity contribution in [1.29, 1.82) is 0 Å². The summed E-state index contributed by atoms with van der Waals surface area (Å²) in [7, 11) is -3.08. The molecule has 0 spiro atoms. The smallest absolute Gasteiger partial charge is 0.340 e. The van der Waals surface area contributed by atoms with Crippen molar-refractivity contribution < 1.29 is 22.7 Å². The number of hydrogen-bond donors (Lipinski definition) is 2. The van der Waals surface area contributed by atoms with Gasteiger partial charge in [0.2, 0.25) is 5.88 Å². The Bertz CT molecular complexity index is 1580. The van der Waals surface area contributed by atoms with E-state index in [2.05, 4.69) is 15.3 Å². The average Bonchev–Trinajstić information content (AvgIpc) is 3.68. The van der Waals surface area contributed by atoms with Crippen LogP contribution in [0, 0.1) is 5.92 Å². The standard InChI is InChI=1S/C28H33N5O5S/c1-14-25-18(27(34)38-28(14,2)3)7-8-22(33-25)32-23-11-19-20(24(29)15-5-6-15)12-31-26(21(19)13-30-23)37-16-9-17(10-16)39(4,35)36/h7-8,11-17,24H,5-6,9-10,29H2,1-4H3,(H,30,32,33)/t14-,16?,17?,24-/m1/s1. The molecule has 0 saturated heterocycles. The first kappa shape index (κ1) is 25.9. The van der Waals surface area contributed by atoms with Crippen LogP contribution < -0.4 is 15.8 Å². The maximum absolute atomic E-state index is 12.5.